The number of aromatic nitrogens is 2. The average molecular weight is 296 g/mol. The monoisotopic (exact) mass is 296 g/mol. The SMILES string of the molecule is Cc1c(F)nc(F)c(F)c1-c1c(F)c(F)nc(F)c1F. The standard InChI is InChI=1S/C11H3F7N2/c1-2-3(5(12)9(16)19-8(2)15)4-6(13)10(17)20-11(18)7(4)14/h1H3. The quantitative estimate of drug-likeness (QED) is 0.595. The van der Waals surface area contributed by atoms with Gasteiger partial charge in [0.05, 0.1) is 5.56 Å². The lowest BCUT2D eigenvalue weighted by atomic mass is 10.0. The Bertz CT molecular complexity index is 601. The maximum absolute atomic E-state index is 13.5. The zero-order valence-corrected chi connectivity index (χ0v) is 9.54. The minimum absolute atomic E-state index is 0.813. The number of pyridine rings is 2. The van der Waals surface area contributed by atoms with Gasteiger partial charge in [0.2, 0.25) is 5.95 Å². The Morgan fingerprint density at radius 2 is 0.900 bits per heavy atom. The topological polar surface area (TPSA) is 25.8 Å². The third kappa shape index (κ3) is 1.98. The molecule has 2 aromatic rings. The average Bonchev–Trinajstić information content (AvgIpc) is 2.38. The molecule has 0 fully saturated rings. The molecule has 9 heteroatoms. The summed E-state index contributed by atoms with van der Waals surface area (Å²) in [6.07, 6.45) is 0. The van der Waals surface area contributed by atoms with E-state index < -0.39 is 57.9 Å². The minimum atomic E-state index is -2.07. The Morgan fingerprint density at radius 1 is 0.550 bits per heavy atom. The van der Waals surface area contributed by atoms with Crippen LogP contribution >= 0.6 is 0 Å². The van der Waals surface area contributed by atoms with E-state index in [2.05, 4.69) is 9.97 Å². The second kappa shape index (κ2) is 4.73. The van der Waals surface area contributed by atoms with E-state index in [1.54, 1.807) is 0 Å². The Hall–Kier alpha value is -2.19. The van der Waals surface area contributed by atoms with Crippen LogP contribution < -0.4 is 0 Å². The molecule has 0 aliphatic rings. The fourth-order valence-corrected chi connectivity index (χ4v) is 1.59. The van der Waals surface area contributed by atoms with Gasteiger partial charge in [-0.05, 0) is 6.92 Å². The number of hydrogen-bond donors (Lipinski definition) is 0. The molecular weight excluding hydrogens is 293 g/mol. The van der Waals surface area contributed by atoms with Crippen molar-refractivity contribution >= 4 is 0 Å². The highest BCUT2D eigenvalue weighted by atomic mass is 19.2. The van der Waals surface area contributed by atoms with E-state index in [0.29, 0.717) is 0 Å². The van der Waals surface area contributed by atoms with Gasteiger partial charge in [0, 0.05) is 11.1 Å². The summed E-state index contributed by atoms with van der Waals surface area (Å²) in [5.74, 6) is -13.8. The molecule has 2 nitrogen and oxygen atoms in total. The fraction of sp³-hybridized carbons (Fsp3) is 0.0909. The lowest BCUT2D eigenvalue weighted by molar-refractivity contribution is 0.407. The maximum Gasteiger partial charge on any atom is 0.252 e. The van der Waals surface area contributed by atoms with Crippen molar-refractivity contribution in [1.82, 2.24) is 9.97 Å². The molecule has 0 aliphatic heterocycles. The van der Waals surface area contributed by atoms with E-state index >= 15 is 0 Å². The third-order valence-electron chi connectivity index (χ3n) is 2.53. The summed E-state index contributed by atoms with van der Waals surface area (Å²) in [5, 5.41) is 0. The van der Waals surface area contributed by atoms with Crippen molar-refractivity contribution in [1.29, 1.82) is 0 Å². The molecule has 0 atom stereocenters. The van der Waals surface area contributed by atoms with E-state index in [0.717, 1.165) is 6.92 Å². The van der Waals surface area contributed by atoms with E-state index in [1.165, 1.54) is 0 Å². The molecule has 20 heavy (non-hydrogen) atoms. The molecule has 0 saturated carbocycles. The van der Waals surface area contributed by atoms with Crippen LogP contribution in [0.2, 0.25) is 0 Å². The molecule has 106 valence electrons. The molecule has 2 heterocycles. The van der Waals surface area contributed by atoms with Crippen molar-refractivity contribution in [3.63, 3.8) is 0 Å². The summed E-state index contributed by atoms with van der Waals surface area (Å²) < 4.78 is 92.6. The molecule has 0 amide bonds. The first kappa shape index (κ1) is 14.2. The lowest BCUT2D eigenvalue weighted by Gasteiger charge is -2.11. The van der Waals surface area contributed by atoms with Crippen LogP contribution in [0.5, 0.6) is 0 Å². The van der Waals surface area contributed by atoms with Crippen LogP contribution in [0.3, 0.4) is 0 Å². The molecular formula is C11H3F7N2. The second-order valence-electron chi connectivity index (χ2n) is 3.70. The normalized spacial score (nSPS) is 11.0. The largest absolute Gasteiger partial charge is 0.252 e. The summed E-state index contributed by atoms with van der Waals surface area (Å²) in [6.45, 7) is 0.815. The molecule has 0 unspecified atom stereocenters. The molecule has 0 bridgehead atoms. The fourth-order valence-electron chi connectivity index (χ4n) is 1.59. The first-order valence-corrected chi connectivity index (χ1v) is 4.97. The second-order valence-corrected chi connectivity index (χ2v) is 3.70. The van der Waals surface area contributed by atoms with Crippen LogP contribution in [0, 0.1) is 48.2 Å². The van der Waals surface area contributed by atoms with E-state index in [4.69, 9.17) is 0 Å². The van der Waals surface area contributed by atoms with Gasteiger partial charge in [0.1, 0.15) is 0 Å². The molecule has 2 rings (SSSR count). The van der Waals surface area contributed by atoms with Gasteiger partial charge >= 0.3 is 0 Å². The smallest absolute Gasteiger partial charge is 0.201 e. The van der Waals surface area contributed by atoms with E-state index in [-0.39, 0.29) is 0 Å². The maximum atomic E-state index is 13.5. The predicted molar refractivity (Wildman–Crippen MR) is 51.9 cm³/mol. The molecule has 0 spiro atoms. The zero-order valence-electron chi connectivity index (χ0n) is 9.54. The summed E-state index contributed by atoms with van der Waals surface area (Å²) in [6, 6.07) is 0. The Labute approximate surface area is 106 Å². The van der Waals surface area contributed by atoms with E-state index in [9.17, 15) is 30.7 Å². The minimum Gasteiger partial charge on any atom is -0.201 e. The Kier molecular flexibility index (Phi) is 3.36. The van der Waals surface area contributed by atoms with Crippen LogP contribution in [-0.4, -0.2) is 9.97 Å². The molecule has 2 aromatic heterocycles. The Balaban J connectivity index is 2.96. The van der Waals surface area contributed by atoms with Gasteiger partial charge < -0.3 is 0 Å². The van der Waals surface area contributed by atoms with Crippen LogP contribution in [0.25, 0.3) is 11.1 Å². The van der Waals surface area contributed by atoms with Crippen LogP contribution in [0.4, 0.5) is 30.7 Å². The first-order chi connectivity index (χ1) is 9.25. The lowest BCUT2D eigenvalue weighted by Crippen LogP contribution is -2.08. The van der Waals surface area contributed by atoms with Crippen molar-refractivity contribution in [2.75, 3.05) is 0 Å². The van der Waals surface area contributed by atoms with Crippen molar-refractivity contribution < 1.29 is 30.7 Å². The highest BCUT2D eigenvalue weighted by Gasteiger charge is 2.28. The Morgan fingerprint density at radius 3 is 1.35 bits per heavy atom. The van der Waals surface area contributed by atoms with Crippen molar-refractivity contribution in [3.8, 4) is 11.1 Å². The molecule has 0 aromatic carbocycles. The molecule has 0 N–H and O–H groups in total. The zero-order chi connectivity index (χ0) is 15.2. The van der Waals surface area contributed by atoms with Crippen LogP contribution in [0.15, 0.2) is 0 Å². The number of hydrogen-bond acceptors (Lipinski definition) is 2. The van der Waals surface area contributed by atoms with Gasteiger partial charge in [0.25, 0.3) is 17.8 Å². The molecule has 0 radical (unpaired) electrons. The summed E-state index contributed by atoms with van der Waals surface area (Å²) >= 11 is 0. The van der Waals surface area contributed by atoms with Gasteiger partial charge in [-0.25, -0.2) is 13.2 Å². The first-order valence-electron chi connectivity index (χ1n) is 4.97. The highest BCUT2D eigenvalue weighted by Crippen LogP contribution is 2.34. The summed E-state index contributed by atoms with van der Waals surface area (Å²) in [7, 11) is 0. The predicted octanol–water partition coefficient (Wildman–Crippen LogP) is 3.43. The number of rotatable bonds is 1. The van der Waals surface area contributed by atoms with Crippen LogP contribution in [0.1, 0.15) is 5.56 Å². The van der Waals surface area contributed by atoms with Gasteiger partial charge in [-0.15, -0.1) is 0 Å². The molecule has 0 aliphatic carbocycles. The third-order valence-corrected chi connectivity index (χ3v) is 2.53. The molecule has 0 saturated heterocycles. The van der Waals surface area contributed by atoms with Gasteiger partial charge in [-0.1, -0.05) is 0 Å². The van der Waals surface area contributed by atoms with Crippen molar-refractivity contribution in [3.05, 3.63) is 46.8 Å². The van der Waals surface area contributed by atoms with Gasteiger partial charge in [0.15, 0.2) is 17.5 Å². The summed E-state index contributed by atoms with van der Waals surface area (Å²) in [5.41, 5.74) is -3.71. The number of halogens is 7. The van der Waals surface area contributed by atoms with Gasteiger partial charge in [-0.3, -0.25) is 0 Å². The highest BCUT2D eigenvalue weighted by molar-refractivity contribution is 5.68. The van der Waals surface area contributed by atoms with Gasteiger partial charge in [-0.2, -0.15) is 27.5 Å². The summed E-state index contributed by atoms with van der Waals surface area (Å²) in [4.78, 5) is 4.76. The number of nitrogens with zero attached hydrogens (tertiary/aromatic N) is 2. The van der Waals surface area contributed by atoms with Crippen molar-refractivity contribution in [2.45, 2.75) is 6.92 Å². The van der Waals surface area contributed by atoms with Crippen molar-refractivity contribution in [2.24, 2.45) is 0 Å². The van der Waals surface area contributed by atoms with Crippen LogP contribution in [-0.2, 0) is 0 Å². The van der Waals surface area contributed by atoms with E-state index in [1.807, 2.05) is 0 Å².